The molecule has 12 nitrogen and oxygen atoms in total. The highest BCUT2D eigenvalue weighted by Gasteiger charge is 2.58. The quantitative estimate of drug-likeness (QED) is 0.0582. The minimum absolute atomic E-state index is 0.00433. The molecular formula is C51H59N3O9. The summed E-state index contributed by atoms with van der Waals surface area (Å²) in [5.74, 6) is -1.43. The lowest BCUT2D eigenvalue weighted by molar-refractivity contribution is -0.134. The molecule has 6 atom stereocenters. The van der Waals surface area contributed by atoms with Crippen LogP contribution in [0.25, 0.3) is 10.8 Å². The first kappa shape index (κ1) is 43.5. The number of nitrogens with one attached hydrogen (secondary N) is 3. The first-order chi connectivity index (χ1) is 30.3. The van der Waals surface area contributed by atoms with E-state index in [1.165, 1.54) is 13.2 Å². The molecular weight excluding hydrogens is 799 g/mol. The summed E-state index contributed by atoms with van der Waals surface area (Å²) in [6, 6.07) is 21.5. The second kappa shape index (κ2) is 18.3. The van der Waals surface area contributed by atoms with Crippen molar-refractivity contribution in [3.05, 3.63) is 125 Å². The van der Waals surface area contributed by atoms with E-state index in [0.29, 0.717) is 68.8 Å². The molecule has 2 bridgehead atoms. The number of aliphatic hydroxyl groups excluding tert-OH is 2. The average Bonchev–Trinajstić information content (AvgIpc) is 3.90. The number of rotatable bonds is 11. The van der Waals surface area contributed by atoms with Crippen LogP contribution in [0.5, 0.6) is 34.5 Å². The van der Waals surface area contributed by atoms with Gasteiger partial charge in [0, 0.05) is 41.9 Å². The van der Waals surface area contributed by atoms with Crippen LogP contribution in [0.1, 0.15) is 74.3 Å². The number of ether oxygens (including phenoxy) is 2. The van der Waals surface area contributed by atoms with Crippen molar-refractivity contribution in [3.63, 3.8) is 0 Å². The second-order valence-electron chi connectivity index (χ2n) is 18.0. The summed E-state index contributed by atoms with van der Waals surface area (Å²) in [6.07, 6.45) is 6.83. The van der Waals surface area contributed by atoms with Gasteiger partial charge in [0.2, 0.25) is 5.75 Å². The molecule has 1 aliphatic carbocycles. The molecule has 1 spiro atoms. The number of Topliss-reactive ketones (excluding diaryl/α,β-unsaturated/α-hetero) is 1. The van der Waals surface area contributed by atoms with Crippen LogP contribution in [0, 0.1) is 23.2 Å². The molecule has 1 aromatic heterocycles. The third-order valence-electron chi connectivity index (χ3n) is 13.5. The maximum absolute atomic E-state index is 15.9. The van der Waals surface area contributed by atoms with Crippen LogP contribution in [0.15, 0.2) is 103 Å². The molecule has 0 saturated heterocycles. The normalized spacial score (nSPS) is 23.1. The predicted molar refractivity (Wildman–Crippen MR) is 242 cm³/mol. The zero-order chi connectivity index (χ0) is 44.4. The van der Waals surface area contributed by atoms with Crippen LogP contribution in [0.3, 0.4) is 0 Å². The fourth-order valence-corrected chi connectivity index (χ4v) is 10.4. The van der Waals surface area contributed by atoms with Gasteiger partial charge in [0.1, 0.15) is 17.4 Å². The number of carbonyl (C=O) groups is 1. The van der Waals surface area contributed by atoms with Crippen LogP contribution in [-0.2, 0) is 24.1 Å². The van der Waals surface area contributed by atoms with E-state index in [0.717, 1.165) is 38.9 Å². The Labute approximate surface area is 367 Å². The number of aromatic hydroxyl groups is 4. The van der Waals surface area contributed by atoms with Gasteiger partial charge in [-0.1, -0.05) is 38.1 Å². The van der Waals surface area contributed by atoms with Gasteiger partial charge in [-0.25, -0.2) is 0 Å². The van der Waals surface area contributed by atoms with Crippen molar-refractivity contribution in [2.75, 3.05) is 25.6 Å². The summed E-state index contributed by atoms with van der Waals surface area (Å²) in [5.41, 5.74) is 3.99. The third-order valence-corrected chi connectivity index (χ3v) is 13.5. The number of dihydropyridines is 1. The van der Waals surface area contributed by atoms with Crippen molar-refractivity contribution in [1.29, 1.82) is 0 Å². The molecule has 0 radical (unpaired) electrons. The summed E-state index contributed by atoms with van der Waals surface area (Å²) in [5, 5.41) is 76.8. The predicted octanol–water partition coefficient (Wildman–Crippen LogP) is 8.12. The van der Waals surface area contributed by atoms with Crippen molar-refractivity contribution in [1.82, 2.24) is 10.3 Å². The Kier molecular flexibility index (Phi) is 12.7. The SMILES string of the molecule is COc1cc(CC[C@@H](O)[C@H]2C(=O)C[C@H](c3cc(O)c(O)c(OCC(C)C)c3)CCc3c(ccc4cc(O)ccc34)NC3=CC(=CCN3)[C@@]23CC[C@H](O)[C@H]3Cc2ccc[nH]2)ccc1O. The van der Waals surface area contributed by atoms with E-state index in [1.54, 1.807) is 36.4 Å². The summed E-state index contributed by atoms with van der Waals surface area (Å²) < 4.78 is 11.4. The van der Waals surface area contributed by atoms with E-state index in [2.05, 4.69) is 21.7 Å². The van der Waals surface area contributed by atoms with Gasteiger partial charge in [0.05, 0.1) is 31.8 Å². The van der Waals surface area contributed by atoms with Crippen LogP contribution >= 0.6 is 0 Å². The maximum atomic E-state index is 15.9. The van der Waals surface area contributed by atoms with E-state index in [4.69, 9.17) is 9.47 Å². The standard InChI is InChI=1S/C51H59N3O9/c1-29(2)28-63-47-25-33(24-45(60)50(47)61)31-8-11-38-37-12-10-36(55)22-32(37)9-13-40(38)54-48-26-34(17-20-53-48)51(18-16-41(56)39(51)27-35-5-4-19-52-35)49(44(59)23-31)43(58)15-7-30-6-14-42(57)46(21-30)62-3/h4-6,9-10,12-14,17,19,21-22,24-26,29,31,39,41,43,49,52-58,60-61H,7-8,11,15-16,18,20,23,27-28H2,1-3H3/t31-,39-,41+,43-,49+,51-/m1/s1. The topological polar surface area (TPSA) is 197 Å². The number of aromatic amines is 1. The van der Waals surface area contributed by atoms with Gasteiger partial charge >= 0.3 is 0 Å². The first-order valence-electron chi connectivity index (χ1n) is 22.1. The van der Waals surface area contributed by atoms with E-state index >= 15 is 4.79 Å². The first-order valence-corrected chi connectivity index (χ1v) is 22.1. The lowest BCUT2D eigenvalue weighted by Gasteiger charge is -2.46. The van der Waals surface area contributed by atoms with Gasteiger partial charge in [-0.05, 0) is 150 Å². The van der Waals surface area contributed by atoms with Gasteiger partial charge < -0.3 is 55.7 Å². The fourth-order valence-electron chi connectivity index (χ4n) is 10.4. The van der Waals surface area contributed by atoms with E-state index in [1.807, 2.05) is 56.5 Å². The highest BCUT2D eigenvalue weighted by Crippen LogP contribution is 2.58. The Hall–Kier alpha value is -6.11. The molecule has 3 aliphatic rings. The largest absolute Gasteiger partial charge is 0.508 e. The number of methoxy groups -OCH3 is 1. The highest BCUT2D eigenvalue weighted by atomic mass is 16.5. The number of hydrogen-bond donors (Lipinski definition) is 9. The molecule has 332 valence electrons. The van der Waals surface area contributed by atoms with Gasteiger partial charge in [-0.2, -0.15) is 0 Å². The molecule has 0 amide bonds. The molecule has 63 heavy (non-hydrogen) atoms. The van der Waals surface area contributed by atoms with Crippen molar-refractivity contribution in [2.24, 2.45) is 23.2 Å². The molecule has 1 saturated carbocycles. The Bertz CT molecular complexity index is 2510. The number of carbonyl (C=O) groups excluding carboxylic acids is 1. The number of benzene rings is 4. The number of allylic oxidation sites excluding steroid dienone is 2. The van der Waals surface area contributed by atoms with Crippen molar-refractivity contribution in [2.45, 2.75) is 83.3 Å². The lowest BCUT2D eigenvalue weighted by Crippen LogP contribution is -2.50. The zero-order valence-corrected chi connectivity index (χ0v) is 36.1. The van der Waals surface area contributed by atoms with E-state index in [9.17, 15) is 30.6 Å². The monoisotopic (exact) mass is 857 g/mol. The number of aromatic nitrogens is 1. The van der Waals surface area contributed by atoms with Crippen molar-refractivity contribution in [3.8, 4) is 34.5 Å². The minimum Gasteiger partial charge on any atom is -0.508 e. The molecule has 5 aromatic rings. The Morgan fingerprint density at radius 1 is 0.937 bits per heavy atom. The summed E-state index contributed by atoms with van der Waals surface area (Å²) in [4.78, 5) is 19.2. The number of aryl methyl sites for hydroxylation is 2. The van der Waals surface area contributed by atoms with Crippen molar-refractivity contribution >= 4 is 22.2 Å². The summed E-state index contributed by atoms with van der Waals surface area (Å²) >= 11 is 0. The van der Waals surface area contributed by atoms with Crippen molar-refractivity contribution < 1.29 is 44.9 Å². The molecule has 8 rings (SSSR count). The second-order valence-corrected chi connectivity index (χ2v) is 18.0. The molecule has 1 fully saturated rings. The molecule has 3 heterocycles. The molecule has 12 heteroatoms. The number of fused-ring (bicyclic) bond motifs is 5. The lowest BCUT2D eigenvalue weighted by atomic mass is 9.57. The Balaban J connectivity index is 1.30. The summed E-state index contributed by atoms with van der Waals surface area (Å²) in [7, 11) is 1.48. The van der Waals surface area contributed by atoms with Gasteiger partial charge in [-0.3, -0.25) is 4.79 Å². The number of hydrogen-bond acceptors (Lipinski definition) is 11. The molecule has 9 N–H and O–H groups in total. The number of ketones is 1. The van der Waals surface area contributed by atoms with Crippen LogP contribution in [0.2, 0.25) is 0 Å². The van der Waals surface area contributed by atoms with Crippen LogP contribution in [-0.4, -0.2) is 73.9 Å². The number of H-pyrrole nitrogens is 1. The third kappa shape index (κ3) is 8.92. The fraction of sp³-hybridized carbons (Fsp3) is 0.392. The van der Waals surface area contributed by atoms with Gasteiger partial charge in [0.15, 0.2) is 23.0 Å². The molecule has 0 unspecified atom stereocenters. The van der Waals surface area contributed by atoms with Crippen LogP contribution < -0.4 is 20.1 Å². The maximum Gasteiger partial charge on any atom is 0.200 e. The Morgan fingerprint density at radius 2 is 1.78 bits per heavy atom. The van der Waals surface area contributed by atoms with Crippen LogP contribution in [0.4, 0.5) is 5.69 Å². The number of anilines is 1. The number of phenolic OH excluding ortho intramolecular Hbond substituents is 4. The van der Waals surface area contributed by atoms with Gasteiger partial charge in [0.25, 0.3) is 0 Å². The zero-order valence-electron chi connectivity index (χ0n) is 36.1. The smallest absolute Gasteiger partial charge is 0.200 e. The number of phenols is 4. The molecule has 2 aliphatic heterocycles. The minimum atomic E-state index is -1.16. The average molecular weight is 858 g/mol. The molecule has 4 aromatic carbocycles. The van der Waals surface area contributed by atoms with E-state index in [-0.39, 0.29) is 53.3 Å². The number of aliphatic hydroxyl groups is 2. The summed E-state index contributed by atoms with van der Waals surface area (Å²) in [6.45, 7) is 4.71. The Morgan fingerprint density at radius 3 is 2.56 bits per heavy atom. The highest BCUT2D eigenvalue weighted by molar-refractivity contribution is 5.91. The van der Waals surface area contributed by atoms with Gasteiger partial charge in [-0.15, -0.1) is 0 Å². The van der Waals surface area contributed by atoms with E-state index < -0.39 is 35.4 Å².